The number of carbonyl (C=O) groups is 2. The first-order valence-corrected chi connectivity index (χ1v) is 19.9. The lowest BCUT2D eigenvalue weighted by Gasteiger charge is -2.38. The minimum absolute atomic E-state index is 0.0177. The Morgan fingerprint density at radius 3 is 2.35 bits per heavy atom. The number of fused-ring (bicyclic) bond motifs is 1. The van der Waals surface area contributed by atoms with E-state index in [0.717, 1.165) is 65.2 Å². The molecule has 1 aromatic heterocycles. The van der Waals surface area contributed by atoms with Crippen LogP contribution in [0.1, 0.15) is 63.6 Å². The standard InChI is InChI=1S/C38H49F2N7O4S/c39-29-20-26(41-31-7-9-35(48)44-37(31)49)6-8-33(29)47-18-16-46(17-19-47)15-14-45-12-10-25(11-13-45)23-51-27-21-30(40)36-32(22-27)42-34(43-38(36)50)24-52-28-4-2-1-3-5-28/h6,8,20-22,25,28,31,41H,1-5,7,9-19,23-24H2,(H,42,43,50)(H,44,48,49). The van der Waals surface area contributed by atoms with Crippen molar-refractivity contribution in [2.24, 2.45) is 5.92 Å². The molecule has 7 rings (SSSR count). The number of halogens is 2. The normalized spacial score (nSPS) is 21.4. The molecule has 3 aliphatic heterocycles. The number of carbonyl (C=O) groups excluding carboxylic acids is 2. The van der Waals surface area contributed by atoms with Crippen molar-refractivity contribution in [3.8, 4) is 5.75 Å². The van der Waals surface area contributed by atoms with Gasteiger partial charge in [0.1, 0.15) is 34.6 Å². The maximum Gasteiger partial charge on any atom is 0.261 e. The van der Waals surface area contributed by atoms with Crippen molar-refractivity contribution in [1.29, 1.82) is 0 Å². The fourth-order valence-electron chi connectivity index (χ4n) is 7.80. The van der Waals surface area contributed by atoms with Crippen LogP contribution in [0.5, 0.6) is 5.75 Å². The molecule has 3 N–H and O–H groups in total. The fourth-order valence-corrected chi connectivity index (χ4v) is 9.00. The summed E-state index contributed by atoms with van der Waals surface area (Å²) in [5.41, 5.74) is 0.985. The predicted molar refractivity (Wildman–Crippen MR) is 200 cm³/mol. The number of rotatable bonds is 12. The summed E-state index contributed by atoms with van der Waals surface area (Å²) >= 11 is 1.83. The number of likely N-dealkylation sites (tertiary alicyclic amines) is 1. The molecule has 1 saturated carbocycles. The zero-order chi connectivity index (χ0) is 36.0. The Morgan fingerprint density at radius 1 is 0.865 bits per heavy atom. The predicted octanol–water partition coefficient (Wildman–Crippen LogP) is 4.90. The van der Waals surface area contributed by atoms with Gasteiger partial charge in [-0.05, 0) is 69.3 Å². The number of H-pyrrole nitrogens is 1. The first-order valence-electron chi connectivity index (χ1n) is 18.8. The monoisotopic (exact) mass is 737 g/mol. The van der Waals surface area contributed by atoms with Gasteiger partial charge in [0, 0.05) is 68.8 Å². The van der Waals surface area contributed by atoms with Crippen LogP contribution in [0.25, 0.3) is 10.9 Å². The second-order valence-corrected chi connectivity index (χ2v) is 15.9. The summed E-state index contributed by atoms with van der Waals surface area (Å²) in [5.74, 6) is 0.384. The van der Waals surface area contributed by atoms with Crippen LogP contribution in [0.2, 0.25) is 0 Å². The number of benzene rings is 2. The molecule has 1 unspecified atom stereocenters. The average Bonchev–Trinajstić information content (AvgIpc) is 3.14. The lowest BCUT2D eigenvalue weighted by molar-refractivity contribution is -0.133. The lowest BCUT2D eigenvalue weighted by Crippen LogP contribution is -2.49. The number of amides is 2. The Morgan fingerprint density at radius 2 is 1.62 bits per heavy atom. The maximum atomic E-state index is 15.1. The molecular formula is C38H49F2N7O4S. The second-order valence-electron chi connectivity index (χ2n) is 14.6. The summed E-state index contributed by atoms with van der Waals surface area (Å²) in [7, 11) is 0. The van der Waals surface area contributed by atoms with Gasteiger partial charge in [-0.1, -0.05) is 19.3 Å². The van der Waals surface area contributed by atoms with Gasteiger partial charge < -0.3 is 24.8 Å². The summed E-state index contributed by atoms with van der Waals surface area (Å²) in [6, 6.07) is 7.42. The van der Waals surface area contributed by atoms with Gasteiger partial charge in [0.25, 0.3) is 5.56 Å². The molecule has 52 heavy (non-hydrogen) atoms. The van der Waals surface area contributed by atoms with E-state index in [1.54, 1.807) is 18.2 Å². The highest BCUT2D eigenvalue weighted by Gasteiger charge is 2.27. The van der Waals surface area contributed by atoms with E-state index in [2.05, 4.69) is 35.3 Å². The second kappa shape index (κ2) is 16.9. The van der Waals surface area contributed by atoms with E-state index in [9.17, 15) is 14.4 Å². The average molecular weight is 738 g/mol. The van der Waals surface area contributed by atoms with Gasteiger partial charge in [0.15, 0.2) is 0 Å². The van der Waals surface area contributed by atoms with Gasteiger partial charge >= 0.3 is 0 Å². The number of thioether (sulfide) groups is 1. The van der Waals surface area contributed by atoms with Crippen LogP contribution in [-0.2, 0) is 15.3 Å². The third kappa shape index (κ3) is 9.24. The van der Waals surface area contributed by atoms with Gasteiger partial charge in [-0.2, -0.15) is 11.8 Å². The zero-order valence-electron chi connectivity index (χ0n) is 29.6. The third-order valence-electron chi connectivity index (χ3n) is 11.0. The Hall–Kier alpha value is -3.75. The fraction of sp³-hybridized carbons (Fsp3) is 0.579. The van der Waals surface area contributed by atoms with Crippen molar-refractivity contribution in [3.05, 3.63) is 58.1 Å². The molecule has 4 heterocycles. The lowest BCUT2D eigenvalue weighted by atomic mass is 9.98. The Balaban J connectivity index is 0.821. The molecule has 3 aromatic rings. The molecule has 0 spiro atoms. The van der Waals surface area contributed by atoms with Crippen molar-refractivity contribution in [2.45, 2.75) is 74.8 Å². The summed E-state index contributed by atoms with van der Waals surface area (Å²) < 4.78 is 36.2. The van der Waals surface area contributed by atoms with E-state index in [1.807, 2.05) is 11.8 Å². The van der Waals surface area contributed by atoms with E-state index in [1.165, 1.54) is 44.2 Å². The zero-order valence-corrected chi connectivity index (χ0v) is 30.5. The number of imide groups is 1. The molecule has 0 radical (unpaired) electrons. The molecule has 2 aromatic carbocycles. The van der Waals surface area contributed by atoms with Crippen molar-refractivity contribution < 1.29 is 23.1 Å². The highest BCUT2D eigenvalue weighted by molar-refractivity contribution is 7.99. The van der Waals surface area contributed by atoms with Crippen molar-refractivity contribution in [1.82, 2.24) is 25.1 Å². The van der Waals surface area contributed by atoms with Crippen LogP contribution < -0.4 is 25.8 Å². The highest BCUT2D eigenvalue weighted by atomic mass is 32.2. The number of hydrogen-bond donors (Lipinski definition) is 3. The van der Waals surface area contributed by atoms with Crippen LogP contribution in [-0.4, -0.2) is 102 Å². The Bertz CT molecular complexity index is 1790. The van der Waals surface area contributed by atoms with Gasteiger partial charge in [-0.3, -0.25) is 24.6 Å². The number of aromatic amines is 1. The molecule has 0 bridgehead atoms. The number of aromatic nitrogens is 2. The van der Waals surface area contributed by atoms with Gasteiger partial charge in [0.2, 0.25) is 11.8 Å². The van der Waals surface area contributed by atoms with Gasteiger partial charge in [-0.15, -0.1) is 0 Å². The number of hydrogen-bond acceptors (Lipinski definition) is 10. The minimum Gasteiger partial charge on any atom is -0.493 e. The Kier molecular flexibility index (Phi) is 11.9. The number of nitrogens with one attached hydrogen (secondary N) is 3. The van der Waals surface area contributed by atoms with Crippen LogP contribution in [0.15, 0.2) is 35.1 Å². The number of piperidine rings is 2. The SMILES string of the molecule is O=C1CCC(Nc2ccc(N3CCN(CCN4CCC(COc5cc(F)c6c(=O)[nH]c(CSC7CCCCC7)nc6c5)CC4)CC3)c(F)c2)C(=O)N1. The van der Waals surface area contributed by atoms with Crippen molar-refractivity contribution in [2.75, 3.05) is 69.2 Å². The number of nitrogens with zero attached hydrogens (tertiary/aromatic N) is 4. The molecule has 280 valence electrons. The van der Waals surface area contributed by atoms with E-state index in [0.29, 0.717) is 58.4 Å². The topological polar surface area (TPSA) is 123 Å². The largest absolute Gasteiger partial charge is 0.493 e. The smallest absolute Gasteiger partial charge is 0.261 e. The van der Waals surface area contributed by atoms with Gasteiger partial charge in [-0.25, -0.2) is 13.8 Å². The summed E-state index contributed by atoms with van der Waals surface area (Å²) in [4.78, 5) is 50.5. The summed E-state index contributed by atoms with van der Waals surface area (Å²) in [6.07, 6.45) is 8.84. The van der Waals surface area contributed by atoms with E-state index in [4.69, 9.17) is 4.74 Å². The molecule has 14 heteroatoms. The number of anilines is 2. The maximum absolute atomic E-state index is 15.1. The van der Waals surface area contributed by atoms with E-state index in [-0.39, 0.29) is 29.4 Å². The van der Waals surface area contributed by atoms with E-state index < -0.39 is 17.4 Å². The molecule has 4 aliphatic rings. The van der Waals surface area contributed by atoms with Crippen LogP contribution in [0.4, 0.5) is 20.2 Å². The Labute approximate surface area is 307 Å². The molecule has 11 nitrogen and oxygen atoms in total. The molecule has 2 amide bonds. The summed E-state index contributed by atoms with van der Waals surface area (Å²) in [5, 5.41) is 5.94. The first-order chi connectivity index (χ1) is 25.3. The van der Waals surface area contributed by atoms with Crippen LogP contribution >= 0.6 is 11.8 Å². The molecule has 4 fully saturated rings. The first kappa shape index (κ1) is 36.6. The van der Waals surface area contributed by atoms with Crippen molar-refractivity contribution in [3.63, 3.8) is 0 Å². The highest BCUT2D eigenvalue weighted by Crippen LogP contribution is 2.31. The van der Waals surface area contributed by atoms with Gasteiger partial charge in [0.05, 0.1) is 23.6 Å². The minimum atomic E-state index is -0.606. The molecular weight excluding hydrogens is 689 g/mol. The molecule has 1 aliphatic carbocycles. The van der Waals surface area contributed by atoms with E-state index >= 15 is 8.78 Å². The number of piperazine rings is 1. The quantitative estimate of drug-likeness (QED) is 0.222. The van der Waals surface area contributed by atoms with Crippen LogP contribution in [0, 0.1) is 17.6 Å². The molecule has 3 saturated heterocycles. The molecule has 1 atom stereocenters. The number of ether oxygens (including phenoxy) is 1. The van der Waals surface area contributed by atoms with Crippen molar-refractivity contribution >= 4 is 45.9 Å². The summed E-state index contributed by atoms with van der Waals surface area (Å²) in [6.45, 7) is 7.54. The third-order valence-corrected chi connectivity index (χ3v) is 12.3. The van der Waals surface area contributed by atoms with Crippen LogP contribution in [0.3, 0.4) is 0 Å².